The second-order valence-electron chi connectivity index (χ2n) is 8.15. The largest absolute Gasteiger partial charge is 0.460 e. The number of ether oxygens (including phenoxy) is 2. The summed E-state index contributed by atoms with van der Waals surface area (Å²) in [4.78, 5) is 32.5. The van der Waals surface area contributed by atoms with Crippen molar-refractivity contribution in [2.45, 2.75) is 25.9 Å². The Balaban J connectivity index is 1.57. The van der Waals surface area contributed by atoms with Gasteiger partial charge in [0.1, 0.15) is 12.4 Å². The molecule has 0 aromatic heterocycles. The van der Waals surface area contributed by atoms with E-state index in [0.717, 1.165) is 11.1 Å². The van der Waals surface area contributed by atoms with E-state index in [2.05, 4.69) is 10.3 Å². The third-order valence-electron chi connectivity index (χ3n) is 5.67. The van der Waals surface area contributed by atoms with Crippen molar-refractivity contribution in [2.75, 3.05) is 20.3 Å². The maximum atomic E-state index is 13.2. The number of carbonyl (C=O) groups excluding carboxylic acids is 2. The molecule has 2 aromatic rings. The lowest BCUT2D eigenvalue weighted by Crippen LogP contribution is -2.38. The molecule has 1 atom stereocenters. The fraction of sp³-hybridized carbons (Fsp3) is 0.269. The van der Waals surface area contributed by atoms with Crippen LogP contribution in [0.1, 0.15) is 30.5 Å². The first-order valence-electron chi connectivity index (χ1n) is 11.2. The number of allylic oxidation sites excluding steroid dienone is 1. The molecule has 1 N–H and O–H groups in total. The molecule has 2 aliphatic rings. The highest BCUT2D eigenvalue weighted by atomic mass is 35.5. The maximum Gasteiger partial charge on any atom is 0.338 e. The van der Waals surface area contributed by atoms with Crippen molar-refractivity contribution in [3.63, 3.8) is 0 Å². The number of nitrogens with zero attached hydrogens (tertiary/aromatic N) is 2. The normalized spacial score (nSPS) is 16.9. The number of carbonyl (C=O) groups is 2. The fourth-order valence-electron chi connectivity index (χ4n) is 3.92. The lowest BCUT2D eigenvalue weighted by molar-refractivity contribution is -0.141. The predicted octanol–water partition coefficient (Wildman–Crippen LogP) is 4.95. The predicted molar refractivity (Wildman–Crippen MR) is 138 cm³/mol. The molecule has 0 saturated carbocycles. The number of methoxy groups -OCH3 is 1. The van der Waals surface area contributed by atoms with Gasteiger partial charge in [0.2, 0.25) is 5.91 Å². The van der Waals surface area contributed by atoms with Gasteiger partial charge in [-0.05, 0) is 47.7 Å². The fourth-order valence-corrected chi connectivity index (χ4v) is 5.01. The number of amides is 1. The molecule has 0 aliphatic carbocycles. The molecule has 0 bridgehead atoms. The van der Waals surface area contributed by atoms with Crippen LogP contribution in [-0.2, 0) is 25.6 Å². The van der Waals surface area contributed by atoms with E-state index in [1.807, 2.05) is 22.4 Å². The van der Waals surface area contributed by atoms with Gasteiger partial charge in [0.05, 0.1) is 30.3 Å². The molecule has 188 valence electrons. The van der Waals surface area contributed by atoms with E-state index in [9.17, 15) is 14.0 Å². The molecule has 1 unspecified atom stereocenters. The lowest BCUT2D eigenvalue weighted by atomic mass is 9.94. The Bertz CT molecular complexity index is 1230. The van der Waals surface area contributed by atoms with Crippen LogP contribution in [0, 0.1) is 5.82 Å². The molecule has 7 nitrogen and oxygen atoms in total. The molecule has 2 aromatic carbocycles. The summed E-state index contributed by atoms with van der Waals surface area (Å²) in [6.07, 6.45) is 0.0718. The SMILES string of the molecule is COCCOC(=O)C1=C(C)N=C2SC=C(CC(=O)NCc3ccc(F)cc3)N2C1c1ccc(Cl)cc1. The average Bonchev–Trinajstić information content (AvgIpc) is 3.25. The number of halogens is 2. The summed E-state index contributed by atoms with van der Waals surface area (Å²) in [6, 6.07) is 12.6. The van der Waals surface area contributed by atoms with Crippen molar-refractivity contribution in [3.05, 3.63) is 92.9 Å². The Morgan fingerprint density at radius 2 is 1.86 bits per heavy atom. The van der Waals surface area contributed by atoms with E-state index in [0.29, 0.717) is 27.2 Å². The molecular formula is C26H25ClFN3O4S. The lowest BCUT2D eigenvalue weighted by Gasteiger charge is -2.36. The molecule has 0 spiro atoms. The Labute approximate surface area is 218 Å². The molecule has 0 fully saturated rings. The number of esters is 1. The van der Waals surface area contributed by atoms with Crippen LogP contribution in [0.2, 0.25) is 5.02 Å². The van der Waals surface area contributed by atoms with Gasteiger partial charge >= 0.3 is 5.97 Å². The van der Waals surface area contributed by atoms with Crippen LogP contribution < -0.4 is 5.32 Å². The van der Waals surface area contributed by atoms with Crippen LogP contribution in [0.25, 0.3) is 0 Å². The van der Waals surface area contributed by atoms with Crippen molar-refractivity contribution in [3.8, 4) is 0 Å². The minimum atomic E-state index is -0.545. The van der Waals surface area contributed by atoms with Crippen LogP contribution in [0.5, 0.6) is 0 Å². The van der Waals surface area contributed by atoms with Crippen molar-refractivity contribution in [1.29, 1.82) is 0 Å². The Morgan fingerprint density at radius 3 is 2.56 bits per heavy atom. The molecule has 0 saturated heterocycles. The number of nitrogens with one attached hydrogen (secondary N) is 1. The van der Waals surface area contributed by atoms with Gasteiger partial charge < -0.3 is 19.7 Å². The van der Waals surface area contributed by atoms with Gasteiger partial charge in [-0.2, -0.15) is 0 Å². The van der Waals surface area contributed by atoms with E-state index < -0.39 is 12.0 Å². The minimum Gasteiger partial charge on any atom is -0.460 e. The summed E-state index contributed by atoms with van der Waals surface area (Å²) < 4.78 is 23.6. The zero-order valence-electron chi connectivity index (χ0n) is 19.8. The molecule has 2 aliphatic heterocycles. The third kappa shape index (κ3) is 5.98. The zero-order valence-corrected chi connectivity index (χ0v) is 21.4. The molecular weight excluding hydrogens is 505 g/mol. The van der Waals surface area contributed by atoms with E-state index in [1.165, 1.54) is 31.0 Å². The molecule has 0 radical (unpaired) electrons. The molecule has 2 heterocycles. The summed E-state index contributed by atoms with van der Waals surface area (Å²) in [5.41, 5.74) is 3.23. The highest BCUT2D eigenvalue weighted by Gasteiger charge is 2.41. The maximum absolute atomic E-state index is 13.2. The quantitative estimate of drug-likeness (QED) is 0.366. The van der Waals surface area contributed by atoms with Crippen molar-refractivity contribution < 1.29 is 23.5 Å². The number of fused-ring (bicyclic) bond motifs is 1. The number of rotatable bonds is 9. The summed E-state index contributed by atoms with van der Waals surface area (Å²) in [5, 5.41) is 5.97. The minimum absolute atomic E-state index is 0.0718. The Hall–Kier alpha value is -3.14. The summed E-state index contributed by atoms with van der Waals surface area (Å²) in [7, 11) is 1.53. The average molecular weight is 530 g/mol. The molecule has 1 amide bonds. The van der Waals surface area contributed by atoms with E-state index >= 15 is 0 Å². The number of aliphatic imine (C=N–C) groups is 1. The number of hydrogen-bond donors (Lipinski definition) is 1. The van der Waals surface area contributed by atoms with E-state index in [4.69, 9.17) is 21.1 Å². The van der Waals surface area contributed by atoms with Gasteiger partial charge in [0.15, 0.2) is 5.17 Å². The highest BCUT2D eigenvalue weighted by molar-refractivity contribution is 8.16. The van der Waals surface area contributed by atoms with Crippen LogP contribution in [-0.4, -0.2) is 42.3 Å². The molecule has 10 heteroatoms. The molecule has 4 rings (SSSR count). The summed E-state index contributed by atoms with van der Waals surface area (Å²) in [5.74, 6) is -1.04. The van der Waals surface area contributed by atoms with E-state index in [1.54, 1.807) is 31.2 Å². The van der Waals surface area contributed by atoms with Gasteiger partial charge in [-0.15, -0.1) is 0 Å². The highest BCUT2D eigenvalue weighted by Crippen LogP contribution is 2.45. The van der Waals surface area contributed by atoms with Crippen molar-refractivity contribution >= 4 is 40.4 Å². The number of thioether (sulfide) groups is 1. The van der Waals surface area contributed by atoms with Crippen molar-refractivity contribution in [2.24, 2.45) is 4.99 Å². The monoisotopic (exact) mass is 529 g/mol. The Morgan fingerprint density at radius 1 is 1.14 bits per heavy atom. The smallest absolute Gasteiger partial charge is 0.338 e. The Kier molecular flexibility index (Phi) is 8.45. The van der Waals surface area contributed by atoms with E-state index in [-0.39, 0.29) is 37.9 Å². The van der Waals surface area contributed by atoms with Gasteiger partial charge in [0, 0.05) is 24.4 Å². The van der Waals surface area contributed by atoms with Gasteiger partial charge in [0.25, 0.3) is 0 Å². The molecule has 36 heavy (non-hydrogen) atoms. The first-order chi connectivity index (χ1) is 17.4. The first kappa shape index (κ1) is 25.9. The van der Waals surface area contributed by atoms with Gasteiger partial charge in [-0.3, -0.25) is 4.79 Å². The third-order valence-corrected chi connectivity index (χ3v) is 6.81. The standard InChI is InChI=1S/C26H25ClFN3O4S/c1-16-23(25(33)35-12-11-34-2)24(18-5-7-19(27)8-6-18)31-21(15-36-26(31)30-16)13-22(32)29-14-17-3-9-20(28)10-4-17/h3-10,15,24H,11-14H2,1-2H3,(H,29,32). The second-order valence-corrected chi connectivity index (χ2v) is 9.43. The summed E-state index contributed by atoms with van der Waals surface area (Å²) in [6.45, 7) is 2.43. The van der Waals surface area contributed by atoms with Crippen LogP contribution >= 0.6 is 23.4 Å². The number of amidine groups is 1. The second kappa shape index (κ2) is 11.7. The van der Waals surface area contributed by atoms with Crippen LogP contribution in [0.3, 0.4) is 0 Å². The number of benzene rings is 2. The topological polar surface area (TPSA) is 80.2 Å². The van der Waals surface area contributed by atoms with Crippen LogP contribution in [0.4, 0.5) is 4.39 Å². The van der Waals surface area contributed by atoms with Gasteiger partial charge in [-0.1, -0.05) is 47.6 Å². The van der Waals surface area contributed by atoms with Crippen LogP contribution in [0.15, 0.2) is 75.9 Å². The van der Waals surface area contributed by atoms with Crippen molar-refractivity contribution in [1.82, 2.24) is 10.2 Å². The van der Waals surface area contributed by atoms with Gasteiger partial charge in [-0.25, -0.2) is 14.2 Å². The first-order valence-corrected chi connectivity index (χ1v) is 12.5. The zero-order chi connectivity index (χ0) is 25.7. The number of hydrogen-bond acceptors (Lipinski definition) is 7. The summed E-state index contributed by atoms with van der Waals surface area (Å²) >= 11 is 7.51.